The third kappa shape index (κ3) is 3.43. The largest absolute Gasteiger partial charge is 0.342 e. The monoisotopic (exact) mass is 292 g/mol. The Balaban J connectivity index is 1.56. The average molecular weight is 292 g/mol. The zero-order valence-corrected chi connectivity index (χ0v) is 12.6. The molecule has 21 heavy (non-hydrogen) atoms. The number of carbonyl (C=O) groups excluding carboxylic acids is 1. The van der Waals surface area contributed by atoms with Gasteiger partial charge in [-0.1, -0.05) is 5.16 Å². The fourth-order valence-electron chi connectivity index (χ4n) is 3.61. The van der Waals surface area contributed by atoms with Gasteiger partial charge in [0.2, 0.25) is 11.8 Å². The van der Waals surface area contributed by atoms with E-state index in [4.69, 9.17) is 10.3 Å². The van der Waals surface area contributed by atoms with Crippen LogP contribution in [0.15, 0.2) is 4.52 Å². The van der Waals surface area contributed by atoms with Gasteiger partial charge in [-0.2, -0.15) is 4.98 Å². The molecule has 1 amide bonds. The van der Waals surface area contributed by atoms with Gasteiger partial charge in [0.05, 0.1) is 0 Å². The van der Waals surface area contributed by atoms with Crippen LogP contribution >= 0.6 is 0 Å². The van der Waals surface area contributed by atoms with E-state index in [0.717, 1.165) is 57.4 Å². The lowest BCUT2D eigenvalue weighted by atomic mass is 9.93. The van der Waals surface area contributed by atoms with Crippen molar-refractivity contribution < 1.29 is 9.32 Å². The average Bonchev–Trinajstić information content (AvgIpc) is 3.07. The molecule has 0 bridgehead atoms. The summed E-state index contributed by atoms with van der Waals surface area (Å²) in [5.74, 6) is 2.25. The highest BCUT2D eigenvalue weighted by Gasteiger charge is 2.33. The van der Waals surface area contributed by atoms with E-state index in [1.807, 2.05) is 4.90 Å². The molecule has 3 rings (SSSR count). The smallest absolute Gasteiger partial charge is 0.225 e. The number of rotatable bonds is 3. The molecule has 2 N–H and O–H groups in total. The maximum Gasteiger partial charge on any atom is 0.225 e. The highest BCUT2D eigenvalue weighted by atomic mass is 16.5. The summed E-state index contributed by atoms with van der Waals surface area (Å²) >= 11 is 0. The fourth-order valence-corrected chi connectivity index (χ4v) is 3.61. The summed E-state index contributed by atoms with van der Waals surface area (Å²) < 4.78 is 5.02. The van der Waals surface area contributed by atoms with Crippen molar-refractivity contribution >= 4 is 5.91 Å². The first-order chi connectivity index (χ1) is 10.1. The molecule has 2 aliphatic rings. The summed E-state index contributed by atoms with van der Waals surface area (Å²) in [7, 11) is 0. The van der Waals surface area contributed by atoms with E-state index in [2.05, 4.69) is 10.1 Å². The van der Waals surface area contributed by atoms with Crippen molar-refractivity contribution in [2.24, 2.45) is 17.6 Å². The van der Waals surface area contributed by atoms with Crippen LogP contribution in [0.2, 0.25) is 0 Å². The normalized spacial score (nSPS) is 29.8. The Labute approximate surface area is 125 Å². The molecule has 1 aliphatic carbocycles. The van der Waals surface area contributed by atoms with Crippen molar-refractivity contribution in [3.63, 3.8) is 0 Å². The second-order valence-electron chi connectivity index (χ2n) is 6.50. The molecular weight excluding hydrogens is 268 g/mol. The van der Waals surface area contributed by atoms with Gasteiger partial charge in [0.25, 0.3) is 0 Å². The fraction of sp³-hybridized carbons (Fsp3) is 0.800. The Morgan fingerprint density at radius 3 is 2.95 bits per heavy atom. The minimum Gasteiger partial charge on any atom is -0.342 e. The lowest BCUT2D eigenvalue weighted by Gasteiger charge is -2.34. The molecule has 116 valence electrons. The number of nitrogens with zero attached hydrogens (tertiary/aromatic N) is 3. The molecule has 3 atom stereocenters. The molecule has 1 saturated heterocycles. The SMILES string of the molecule is Cc1nc(C[C@@H]2CCCN(C(=O)[C@@H]3CC[C@H](N)C3)C2)no1. The first kappa shape index (κ1) is 14.5. The number of amides is 1. The molecule has 1 saturated carbocycles. The Morgan fingerprint density at radius 2 is 2.29 bits per heavy atom. The second-order valence-corrected chi connectivity index (χ2v) is 6.50. The molecule has 1 aromatic heterocycles. The molecule has 0 unspecified atom stereocenters. The van der Waals surface area contributed by atoms with Crippen LogP contribution in [0.25, 0.3) is 0 Å². The number of hydrogen-bond acceptors (Lipinski definition) is 5. The van der Waals surface area contributed by atoms with E-state index in [1.165, 1.54) is 0 Å². The van der Waals surface area contributed by atoms with Gasteiger partial charge in [-0.3, -0.25) is 4.79 Å². The standard InChI is InChI=1S/C15H24N4O2/c1-10-17-14(18-21-10)7-11-3-2-6-19(9-11)15(20)12-4-5-13(16)8-12/h11-13H,2-9,16H2,1H3/t11-,12+,13-/m0/s1. The van der Waals surface area contributed by atoms with Crippen LogP contribution in [0.1, 0.15) is 43.8 Å². The minimum atomic E-state index is 0.145. The number of aromatic nitrogens is 2. The summed E-state index contributed by atoms with van der Waals surface area (Å²) in [6, 6.07) is 0.210. The van der Waals surface area contributed by atoms with Crippen LogP contribution in [0.4, 0.5) is 0 Å². The van der Waals surface area contributed by atoms with E-state index in [1.54, 1.807) is 6.92 Å². The van der Waals surface area contributed by atoms with Crippen molar-refractivity contribution in [2.75, 3.05) is 13.1 Å². The van der Waals surface area contributed by atoms with Crippen LogP contribution in [-0.4, -0.2) is 40.1 Å². The molecule has 1 aliphatic heterocycles. The molecular formula is C15H24N4O2. The van der Waals surface area contributed by atoms with Gasteiger partial charge in [-0.15, -0.1) is 0 Å². The van der Waals surface area contributed by atoms with Gasteiger partial charge in [-0.05, 0) is 38.0 Å². The quantitative estimate of drug-likeness (QED) is 0.907. The van der Waals surface area contributed by atoms with Crippen molar-refractivity contribution in [2.45, 2.75) is 51.5 Å². The van der Waals surface area contributed by atoms with Crippen LogP contribution in [0.5, 0.6) is 0 Å². The van der Waals surface area contributed by atoms with Crippen molar-refractivity contribution in [3.05, 3.63) is 11.7 Å². The van der Waals surface area contributed by atoms with Gasteiger partial charge in [0.15, 0.2) is 5.82 Å². The zero-order valence-electron chi connectivity index (χ0n) is 12.6. The highest BCUT2D eigenvalue weighted by molar-refractivity contribution is 5.79. The van der Waals surface area contributed by atoms with E-state index in [-0.39, 0.29) is 12.0 Å². The topological polar surface area (TPSA) is 85.2 Å². The number of likely N-dealkylation sites (tertiary alicyclic amines) is 1. The second kappa shape index (κ2) is 6.13. The summed E-state index contributed by atoms with van der Waals surface area (Å²) in [5, 5.41) is 3.96. The van der Waals surface area contributed by atoms with Crippen molar-refractivity contribution in [1.82, 2.24) is 15.0 Å². The predicted octanol–water partition coefficient (Wildman–Crippen LogP) is 1.29. The summed E-state index contributed by atoms with van der Waals surface area (Å²) in [6.07, 6.45) is 5.77. The molecule has 0 spiro atoms. The number of nitrogens with two attached hydrogens (primary N) is 1. The highest BCUT2D eigenvalue weighted by Crippen LogP contribution is 2.28. The maximum absolute atomic E-state index is 12.6. The molecule has 0 radical (unpaired) electrons. The first-order valence-electron chi connectivity index (χ1n) is 7.95. The van der Waals surface area contributed by atoms with E-state index < -0.39 is 0 Å². The van der Waals surface area contributed by atoms with Crippen LogP contribution < -0.4 is 5.73 Å². The maximum atomic E-state index is 12.6. The third-order valence-electron chi connectivity index (χ3n) is 4.69. The Kier molecular flexibility index (Phi) is 4.24. The lowest BCUT2D eigenvalue weighted by molar-refractivity contribution is -0.137. The van der Waals surface area contributed by atoms with Gasteiger partial charge < -0.3 is 15.2 Å². The minimum absolute atomic E-state index is 0.145. The summed E-state index contributed by atoms with van der Waals surface area (Å²) in [6.45, 7) is 3.50. The zero-order chi connectivity index (χ0) is 14.8. The molecule has 6 nitrogen and oxygen atoms in total. The number of hydrogen-bond donors (Lipinski definition) is 1. The molecule has 6 heteroatoms. The van der Waals surface area contributed by atoms with Crippen LogP contribution in [0, 0.1) is 18.8 Å². The van der Waals surface area contributed by atoms with E-state index >= 15 is 0 Å². The van der Waals surface area contributed by atoms with Gasteiger partial charge in [-0.25, -0.2) is 0 Å². The van der Waals surface area contributed by atoms with E-state index in [0.29, 0.717) is 17.7 Å². The first-order valence-corrected chi connectivity index (χ1v) is 7.95. The lowest BCUT2D eigenvalue weighted by Crippen LogP contribution is -2.43. The summed E-state index contributed by atoms with van der Waals surface area (Å²) in [4.78, 5) is 18.9. The predicted molar refractivity (Wildman–Crippen MR) is 77.4 cm³/mol. The van der Waals surface area contributed by atoms with Gasteiger partial charge >= 0.3 is 0 Å². The van der Waals surface area contributed by atoms with Crippen molar-refractivity contribution in [1.29, 1.82) is 0 Å². The molecule has 1 aromatic rings. The van der Waals surface area contributed by atoms with Crippen molar-refractivity contribution in [3.8, 4) is 0 Å². The van der Waals surface area contributed by atoms with Crippen LogP contribution in [-0.2, 0) is 11.2 Å². The number of aryl methyl sites for hydroxylation is 1. The number of piperidine rings is 1. The third-order valence-corrected chi connectivity index (χ3v) is 4.69. The molecule has 2 heterocycles. The number of carbonyl (C=O) groups is 1. The Morgan fingerprint density at radius 1 is 1.43 bits per heavy atom. The van der Waals surface area contributed by atoms with Gasteiger partial charge in [0.1, 0.15) is 0 Å². The van der Waals surface area contributed by atoms with E-state index in [9.17, 15) is 4.79 Å². The molecule has 0 aromatic carbocycles. The Hall–Kier alpha value is -1.43. The molecule has 2 fully saturated rings. The Bertz CT molecular complexity index is 502. The summed E-state index contributed by atoms with van der Waals surface area (Å²) in [5.41, 5.74) is 5.93. The van der Waals surface area contributed by atoms with Crippen LogP contribution in [0.3, 0.4) is 0 Å². The van der Waals surface area contributed by atoms with Gasteiger partial charge in [0, 0.05) is 38.4 Å².